The van der Waals surface area contributed by atoms with E-state index >= 15 is 0 Å². The first-order chi connectivity index (χ1) is 12.1. The minimum absolute atomic E-state index is 0.0438. The molecule has 3 aromatic rings. The van der Waals surface area contributed by atoms with Crippen molar-refractivity contribution < 1.29 is 23.6 Å². The van der Waals surface area contributed by atoms with Crippen LogP contribution >= 0.6 is 0 Å². The molecule has 0 fully saturated rings. The molecule has 3 rings (SSSR count). The van der Waals surface area contributed by atoms with Crippen molar-refractivity contribution >= 4 is 11.7 Å². The molecular weight excluding hydrogens is 330 g/mol. The zero-order valence-corrected chi connectivity index (χ0v) is 12.9. The van der Waals surface area contributed by atoms with E-state index in [0.29, 0.717) is 17.2 Å². The van der Waals surface area contributed by atoms with Crippen molar-refractivity contribution in [3.8, 4) is 23.0 Å². The van der Waals surface area contributed by atoms with Crippen LogP contribution in [0.3, 0.4) is 0 Å². The molecule has 0 aliphatic rings. The zero-order valence-electron chi connectivity index (χ0n) is 12.9. The number of nitro groups is 1. The van der Waals surface area contributed by atoms with Crippen molar-refractivity contribution in [1.29, 1.82) is 0 Å². The SMILES string of the molecule is COC(=O)c1cc([N+](=O)[O-])ccc1Oc1ccc(-c2nnco2)cc1. The highest BCUT2D eigenvalue weighted by Crippen LogP contribution is 2.30. The van der Waals surface area contributed by atoms with Gasteiger partial charge >= 0.3 is 5.97 Å². The molecule has 0 saturated heterocycles. The maximum atomic E-state index is 11.9. The van der Waals surface area contributed by atoms with Crippen LogP contribution in [0.4, 0.5) is 5.69 Å². The summed E-state index contributed by atoms with van der Waals surface area (Å²) in [7, 11) is 1.18. The van der Waals surface area contributed by atoms with E-state index in [1.54, 1.807) is 24.3 Å². The molecule has 1 aromatic heterocycles. The van der Waals surface area contributed by atoms with Crippen molar-refractivity contribution in [3.63, 3.8) is 0 Å². The Morgan fingerprint density at radius 1 is 1.20 bits per heavy atom. The summed E-state index contributed by atoms with van der Waals surface area (Å²) in [6.07, 6.45) is 1.22. The summed E-state index contributed by atoms with van der Waals surface area (Å²) in [5.41, 5.74) is 0.416. The fourth-order valence-electron chi connectivity index (χ4n) is 2.08. The Kier molecular flexibility index (Phi) is 4.38. The lowest BCUT2D eigenvalue weighted by atomic mass is 10.1. The predicted octanol–water partition coefficient (Wildman–Crippen LogP) is 3.22. The molecule has 1 heterocycles. The Bertz CT molecular complexity index is 906. The minimum Gasteiger partial charge on any atom is -0.465 e. The normalized spacial score (nSPS) is 10.3. The maximum absolute atomic E-state index is 11.9. The molecule has 0 atom stereocenters. The summed E-state index contributed by atoms with van der Waals surface area (Å²) in [6.45, 7) is 0. The van der Waals surface area contributed by atoms with Crippen LogP contribution in [-0.2, 0) is 4.74 Å². The van der Waals surface area contributed by atoms with E-state index in [1.807, 2.05) is 0 Å². The molecule has 0 saturated carbocycles. The highest BCUT2D eigenvalue weighted by Gasteiger charge is 2.19. The van der Waals surface area contributed by atoms with Gasteiger partial charge in [-0.05, 0) is 30.3 Å². The summed E-state index contributed by atoms with van der Waals surface area (Å²) < 4.78 is 15.4. The van der Waals surface area contributed by atoms with Gasteiger partial charge in [-0.1, -0.05) is 0 Å². The number of carbonyl (C=O) groups excluding carboxylic acids is 1. The fourth-order valence-corrected chi connectivity index (χ4v) is 2.08. The number of benzene rings is 2. The third-order valence-electron chi connectivity index (χ3n) is 3.27. The van der Waals surface area contributed by atoms with Crippen molar-refractivity contribution in [3.05, 3.63) is 64.5 Å². The predicted molar refractivity (Wildman–Crippen MR) is 84.2 cm³/mol. The van der Waals surface area contributed by atoms with E-state index in [1.165, 1.54) is 25.6 Å². The van der Waals surface area contributed by atoms with Crippen molar-refractivity contribution in [2.45, 2.75) is 0 Å². The van der Waals surface area contributed by atoms with E-state index in [2.05, 4.69) is 14.9 Å². The van der Waals surface area contributed by atoms with Crippen LogP contribution in [0, 0.1) is 10.1 Å². The standard InChI is InChI=1S/C16H11N3O6/c1-23-16(20)13-8-11(19(21)22)4-7-14(13)25-12-5-2-10(3-6-12)15-18-17-9-24-15/h2-9H,1H3. The third kappa shape index (κ3) is 3.44. The summed E-state index contributed by atoms with van der Waals surface area (Å²) >= 11 is 0. The van der Waals surface area contributed by atoms with E-state index in [0.717, 1.165) is 6.07 Å². The Hall–Kier alpha value is -3.75. The number of ether oxygens (including phenoxy) is 2. The molecule has 9 nitrogen and oxygen atoms in total. The van der Waals surface area contributed by atoms with E-state index in [4.69, 9.17) is 9.15 Å². The van der Waals surface area contributed by atoms with Crippen LogP contribution < -0.4 is 4.74 Å². The number of nitro benzene ring substituents is 1. The molecule has 0 aliphatic carbocycles. The summed E-state index contributed by atoms with van der Waals surface area (Å²) in [6, 6.07) is 10.4. The fraction of sp³-hybridized carbons (Fsp3) is 0.0625. The molecule has 0 aliphatic heterocycles. The Balaban J connectivity index is 1.89. The zero-order chi connectivity index (χ0) is 17.8. The van der Waals surface area contributed by atoms with Gasteiger partial charge in [-0.15, -0.1) is 10.2 Å². The molecule has 9 heteroatoms. The van der Waals surface area contributed by atoms with Crippen LogP contribution in [0.1, 0.15) is 10.4 Å². The van der Waals surface area contributed by atoms with Crippen LogP contribution in [0.5, 0.6) is 11.5 Å². The molecule has 0 amide bonds. The van der Waals surface area contributed by atoms with Gasteiger partial charge in [0.2, 0.25) is 12.3 Å². The lowest BCUT2D eigenvalue weighted by Gasteiger charge is -2.10. The van der Waals surface area contributed by atoms with Crippen molar-refractivity contribution in [2.75, 3.05) is 7.11 Å². The molecule has 0 bridgehead atoms. The van der Waals surface area contributed by atoms with Crippen molar-refractivity contribution in [2.24, 2.45) is 0 Å². The highest BCUT2D eigenvalue weighted by atomic mass is 16.6. The van der Waals surface area contributed by atoms with Crippen LogP contribution in [0.25, 0.3) is 11.5 Å². The van der Waals surface area contributed by atoms with E-state index in [-0.39, 0.29) is 17.0 Å². The van der Waals surface area contributed by atoms with Gasteiger partial charge in [-0.2, -0.15) is 0 Å². The smallest absolute Gasteiger partial charge is 0.341 e. The number of nitrogens with zero attached hydrogens (tertiary/aromatic N) is 3. The second-order valence-electron chi connectivity index (χ2n) is 4.80. The number of rotatable bonds is 5. The lowest BCUT2D eigenvalue weighted by molar-refractivity contribution is -0.384. The van der Waals surface area contributed by atoms with Crippen LogP contribution in [0.15, 0.2) is 53.3 Å². The van der Waals surface area contributed by atoms with Gasteiger partial charge in [0.15, 0.2) is 0 Å². The van der Waals surface area contributed by atoms with Crippen LogP contribution in [0.2, 0.25) is 0 Å². The summed E-state index contributed by atoms with van der Waals surface area (Å²) in [5, 5.41) is 18.3. The largest absolute Gasteiger partial charge is 0.465 e. The number of esters is 1. The third-order valence-corrected chi connectivity index (χ3v) is 3.27. The molecular formula is C16H11N3O6. The molecule has 126 valence electrons. The quantitative estimate of drug-likeness (QED) is 0.394. The Labute approximate surface area is 141 Å². The Morgan fingerprint density at radius 2 is 1.96 bits per heavy atom. The topological polar surface area (TPSA) is 118 Å². The summed E-state index contributed by atoms with van der Waals surface area (Å²) in [5.74, 6) is 0.184. The van der Waals surface area contributed by atoms with Crippen molar-refractivity contribution in [1.82, 2.24) is 10.2 Å². The van der Waals surface area contributed by atoms with Gasteiger partial charge in [0.1, 0.15) is 17.1 Å². The van der Waals surface area contributed by atoms with Gasteiger partial charge in [0, 0.05) is 17.7 Å². The molecule has 25 heavy (non-hydrogen) atoms. The Morgan fingerprint density at radius 3 is 2.56 bits per heavy atom. The molecule has 0 N–H and O–H groups in total. The first kappa shape index (κ1) is 16.1. The molecule has 2 aromatic carbocycles. The van der Waals surface area contributed by atoms with Gasteiger partial charge in [-0.25, -0.2) is 4.79 Å². The number of non-ortho nitro benzene ring substituents is 1. The highest BCUT2D eigenvalue weighted by molar-refractivity contribution is 5.93. The van der Waals surface area contributed by atoms with Crippen LogP contribution in [-0.4, -0.2) is 28.2 Å². The number of hydrogen-bond donors (Lipinski definition) is 0. The second kappa shape index (κ2) is 6.79. The van der Waals surface area contributed by atoms with E-state index in [9.17, 15) is 14.9 Å². The average molecular weight is 341 g/mol. The molecule has 0 spiro atoms. The van der Waals surface area contributed by atoms with E-state index < -0.39 is 10.9 Å². The number of aromatic nitrogens is 2. The first-order valence-electron chi connectivity index (χ1n) is 6.99. The number of carbonyl (C=O) groups is 1. The monoisotopic (exact) mass is 341 g/mol. The first-order valence-corrected chi connectivity index (χ1v) is 6.99. The average Bonchev–Trinajstić information content (AvgIpc) is 3.16. The summed E-state index contributed by atoms with van der Waals surface area (Å²) in [4.78, 5) is 22.1. The van der Waals surface area contributed by atoms with Gasteiger partial charge in [-0.3, -0.25) is 10.1 Å². The van der Waals surface area contributed by atoms with Gasteiger partial charge < -0.3 is 13.9 Å². The maximum Gasteiger partial charge on any atom is 0.341 e. The van der Waals surface area contributed by atoms with Gasteiger partial charge in [0.25, 0.3) is 5.69 Å². The van der Waals surface area contributed by atoms with Gasteiger partial charge in [0.05, 0.1) is 12.0 Å². The number of methoxy groups -OCH3 is 1. The lowest BCUT2D eigenvalue weighted by Crippen LogP contribution is -2.04. The number of hydrogen-bond acceptors (Lipinski definition) is 8. The molecule has 0 radical (unpaired) electrons. The second-order valence-corrected chi connectivity index (χ2v) is 4.80. The minimum atomic E-state index is -0.735. The molecule has 0 unspecified atom stereocenters.